The largest absolute Gasteiger partial charge is 0.507 e. The SMILES string of the molecule is CNCCC(=O)N1CC(c2cc3cc(-c4ccccc4O)nnc3[nH]2)C1. The van der Waals surface area contributed by atoms with Crippen molar-refractivity contribution in [1.29, 1.82) is 0 Å². The van der Waals surface area contributed by atoms with Crippen LogP contribution in [0, 0.1) is 0 Å². The number of benzene rings is 1. The average Bonchev–Trinajstić information content (AvgIpc) is 3.01. The van der Waals surface area contributed by atoms with Crippen LogP contribution in [0.1, 0.15) is 18.0 Å². The molecule has 7 heteroatoms. The molecule has 1 aromatic carbocycles. The van der Waals surface area contributed by atoms with Crippen LogP contribution < -0.4 is 5.32 Å². The summed E-state index contributed by atoms with van der Waals surface area (Å²) in [6.45, 7) is 2.17. The summed E-state index contributed by atoms with van der Waals surface area (Å²) < 4.78 is 0. The minimum absolute atomic E-state index is 0.187. The number of carbonyl (C=O) groups is 1. The Morgan fingerprint density at radius 3 is 2.88 bits per heavy atom. The molecule has 0 aliphatic carbocycles. The number of phenols is 1. The topological polar surface area (TPSA) is 94.1 Å². The van der Waals surface area contributed by atoms with Crippen LogP contribution in [0.5, 0.6) is 5.75 Å². The van der Waals surface area contributed by atoms with Gasteiger partial charge in [-0.05, 0) is 31.3 Å². The van der Waals surface area contributed by atoms with Crippen molar-refractivity contribution < 1.29 is 9.90 Å². The monoisotopic (exact) mass is 351 g/mol. The fourth-order valence-corrected chi connectivity index (χ4v) is 3.26. The van der Waals surface area contributed by atoms with E-state index in [4.69, 9.17) is 0 Å². The number of aromatic amines is 1. The number of phenolic OH excluding ortho intramolecular Hbond substituents is 1. The summed E-state index contributed by atoms with van der Waals surface area (Å²) in [6.07, 6.45) is 0.533. The standard InChI is InChI=1S/C19H21N5O2/c1-20-7-6-18(26)24-10-13(11-24)15-8-12-9-16(22-23-19(12)21-15)14-4-2-3-5-17(14)25/h2-5,8-9,13,20,25H,6-7,10-11H2,1H3,(H,21,23). The van der Waals surface area contributed by atoms with Gasteiger partial charge in [0.05, 0.1) is 5.69 Å². The molecule has 0 bridgehead atoms. The van der Waals surface area contributed by atoms with Crippen LogP contribution in [0.2, 0.25) is 0 Å². The van der Waals surface area contributed by atoms with Crippen molar-refractivity contribution in [1.82, 2.24) is 25.4 Å². The lowest BCUT2D eigenvalue weighted by atomic mass is 9.96. The second-order valence-electron chi connectivity index (χ2n) is 6.62. The number of para-hydroxylation sites is 1. The molecule has 7 nitrogen and oxygen atoms in total. The number of hydrogen-bond acceptors (Lipinski definition) is 5. The van der Waals surface area contributed by atoms with Gasteiger partial charge in [0, 0.05) is 48.6 Å². The third kappa shape index (κ3) is 3.01. The van der Waals surface area contributed by atoms with Gasteiger partial charge in [-0.3, -0.25) is 4.79 Å². The molecule has 0 radical (unpaired) electrons. The summed E-state index contributed by atoms with van der Waals surface area (Å²) in [5, 5.41) is 22.4. The molecule has 0 atom stereocenters. The molecule has 3 N–H and O–H groups in total. The van der Waals surface area contributed by atoms with Gasteiger partial charge in [-0.1, -0.05) is 12.1 Å². The van der Waals surface area contributed by atoms with E-state index in [0.29, 0.717) is 30.1 Å². The van der Waals surface area contributed by atoms with Crippen molar-refractivity contribution in [2.75, 3.05) is 26.7 Å². The number of amides is 1. The maximum Gasteiger partial charge on any atom is 0.223 e. The van der Waals surface area contributed by atoms with Crippen molar-refractivity contribution >= 4 is 16.9 Å². The third-order valence-corrected chi connectivity index (χ3v) is 4.84. The van der Waals surface area contributed by atoms with Crippen molar-refractivity contribution in [3.8, 4) is 17.0 Å². The Morgan fingerprint density at radius 2 is 2.12 bits per heavy atom. The van der Waals surface area contributed by atoms with Crippen LogP contribution in [0.3, 0.4) is 0 Å². The van der Waals surface area contributed by atoms with E-state index in [1.54, 1.807) is 12.1 Å². The highest BCUT2D eigenvalue weighted by atomic mass is 16.3. The Morgan fingerprint density at radius 1 is 1.31 bits per heavy atom. The predicted molar refractivity (Wildman–Crippen MR) is 98.9 cm³/mol. The molecule has 1 fully saturated rings. The van der Waals surface area contributed by atoms with Crippen molar-refractivity contribution in [3.63, 3.8) is 0 Å². The lowest BCUT2D eigenvalue weighted by Gasteiger charge is -2.39. The van der Waals surface area contributed by atoms with Crippen LogP contribution >= 0.6 is 0 Å². The Hall–Kier alpha value is -2.93. The molecule has 0 saturated carbocycles. The molecular formula is C19H21N5O2. The van der Waals surface area contributed by atoms with Gasteiger partial charge in [0.2, 0.25) is 5.91 Å². The molecule has 0 unspecified atom stereocenters. The van der Waals surface area contributed by atoms with Crippen LogP contribution in [-0.4, -0.2) is 57.8 Å². The summed E-state index contributed by atoms with van der Waals surface area (Å²) in [7, 11) is 1.85. The second-order valence-corrected chi connectivity index (χ2v) is 6.62. The first-order chi connectivity index (χ1) is 12.7. The highest BCUT2D eigenvalue weighted by Crippen LogP contribution is 2.31. The number of carbonyl (C=O) groups excluding carboxylic acids is 1. The predicted octanol–water partition coefficient (Wildman–Crippen LogP) is 1.87. The number of fused-ring (bicyclic) bond motifs is 1. The summed E-state index contributed by atoms with van der Waals surface area (Å²) in [5.74, 6) is 0.677. The van der Waals surface area contributed by atoms with Gasteiger partial charge in [0.15, 0.2) is 5.65 Å². The first-order valence-corrected chi connectivity index (χ1v) is 8.73. The number of nitrogens with one attached hydrogen (secondary N) is 2. The van der Waals surface area contributed by atoms with Gasteiger partial charge in [-0.2, -0.15) is 0 Å². The number of H-pyrrole nitrogens is 1. The minimum atomic E-state index is 0.187. The van der Waals surface area contributed by atoms with Crippen LogP contribution in [0.4, 0.5) is 0 Å². The van der Waals surface area contributed by atoms with E-state index >= 15 is 0 Å². The van der Waals surface area contributed by atoms with E-state index in [1.165, 1.54) is 0 Å². The van der Waals surface area contributed by atoms with Crippen LogP contribution in [0.25, 0.3) is 22.3 Å². The van der Waals surface area contributed by atoms with Crippen molar-refractivity contribution in [3.05, 3.63) is 42.1 Å². The molecule has 4 rings (SSSR count). The Labute approximate surface area is 151 Å². The minimum Gasteiger partial charge on any atom is -0.507 e. The number of aromatic hydroxyl groups is 1. The quantitative estimate of drug-likeness (QED) is 0.652. The molecule has 26 heavy (non-hydrogen) atoms. The Balaban J connectivity index is 1.51. The summed E-state index contributed by atoms with van der Waals surface area (Å²) in [5.41, 5.74) is 3.09. The maximum absolute atomic E-state index is 12.0. The molecule has 1 amide bonds. The summed E-state index contributed by atoms with van der Waals surface area (Å²) in [4.78, 5) is 17.2. The van der Waals surface area contributed by atoms with Gasteiger partial charge in [-0.25, -0.2) is 0 Å². The molecule has 2 aromatic heterocycles. The van der Waals surface area contributed by atoms with E-state index in [2.05, 4.69) is 26.6 Å². The van der Waals surface area contributed by atoms with Crippen molar-refractivity contribution in [2.24, 2.45) is 0 Å². The van der Waals surface area contributed by atoms with E-state index in [0.717, 1.165) is 29.8 Å². The Bertz CT molecular complexity index is 946. The van der Waals surface area contributed by atoms with Gasteiger partial charge >= 0.3 is 0 Å². The number of hydrogen-bond donors (Lipinski definition) is 3. The number of aromatic nitrogens is 3. The average molecular weight is 351 g/mol. The molecule has 1 aliphatic rings. The van der Waals surface area contributed by atoms with Crippen LogP contribution in [0.15, 0.2) is 36.4 Å². The fraction of sp³-hybridized carbons (Fsp3) is 0.316. The van der Waals surface area contributed by atoms with E-state index in [-0.39, 0.29) is 11.7 Å². The third-order valence-electron chi connectivity index (χ3n) is 4.84. The molecular weight excluding hydrogens is 330 g/mol. The lowest BCUT2D eigenvalue weighted by molar-refractivity contribution is -0.135. The highest BCUT2D eigenvalue weighted by Gasteiger charge is 2.32. The first-order valence-electron chi connectivity index (χ1n) is 8.73. The molecule has 0 spiro atoms. The van der Waals surface area contributed by atoms with E-state index < -0.39 is 0 Å². The van der Waals surface area contributed by atoms with Crippen molar-refractivity contribution in [2.45, 2.75) is 12.3 Å². The summed E-state index contributed by atoms with van der Waals surface area (Å²) in [6, 6.07) is 11.1. The Kier molecular flexibility index (Phi) is 4.30. The smallest absolute Gasteiger partial charge is 0.223 e. The second kappa shape index (κ2) is 6.76. The molecule has 3 aromatic rings. The lowest BCUT2D eigenvalue weighted by Crippen LogP contribution is -2.49. The zero-order valence-electron chi connectivity index (χ0n) is 14.6. The zero-order chi connectivity index (χ0) is 18.1. The fourth-order valence-electron chi connectivity index (χ4n) is 3.26. The first kappa shape index (κ1) is 16.5. The molecule has 1 aliphatic heterocycles. The molecule has 1 saturated heterocycles. The summed E-state index contributed by atoms with van der Waals surface area (Å²) >= 11 is 0. The van der Waals surface area contributed by atoms with Gasteiger partial charge in [-0.15, -0.1) is 10.2 Å². The number of rotatable bonds is 5. The number of nitrogens with zero attached hydrogens (tertiary/aromatic N) is 3. The molecule has 134 valence electrons. The van der Waals surface area contributed by atoms with E-state index in [1.807, 2.05) is 30.1 Å². The highest BCUT2D eigenvalue weighted by molar-refractivity contribution is 5.82. The van der Waals surface area contributed by atoms with Gasteiger partial charge in [0.1, 0.15) is 5.75 Å². The van der Waals surface area contributed by atoms with Gasteiger partial charge in [0.25, 0.3) is 0 Å². The van der Waals surface area contributed by atoms with Crippen LogP contribution in [-0.2, 0) is 4.79 Å². The normalized spacial score (nSPS) is 14.6. The molecule has 3 heterocycles. The number of likely N-dealkylation sites (tertiary alicyclic amines) is 1. The van der Waals surface area contributed by atoms with E-state index in [9.17, 15) is 9.90 Å². The zero-order valence-corrected chi connectivity index (χ0v) is 14.6. The van der Waals surface area contributed by atoms with Gasteiger partial charge < -0.3 is 20.3 Å². The maximum atomic E-state index is 12.0.